The molecule has 3 aromatic carbocycles. The van der Waals surface area contributed by atoms with Crippen molar-refractivity contribution in [1.29, 1.82) is 0 Å². The Morgan fingerprint density at radius 1 is 1.00 bits per heavy atom. The summed E-state index contributed by atoms with van der Waals surface area (Å²) in [5.41, 5.74) is 3.99. The van der Waals surface area contributed by atoms with E-state index in [0.29, 0.717) is 23.7 Å². The van der Waals surface area contributed by atoms with Crippen LogP contribution in [0.25, 0.3) is 11.0 Å². The highest BCUT2D eigenvalue weighted by atomic mass is 35.5. The van der Waals surface area contributed by atoms with Crippen LogP contribution in [-0.4, -0.2) is 28.6 Å². The summed E-state index contributed by atoms with van der Waals surface area (Å²) in [7, 11) is 0. The lowest BCUT2D eigenvalue weighted by Gasteiger charge is -2.11. The number of imidazole rings is 1. The summed E-state index contributed by atoms with van der Waals surface area (Å²) >= 11 is 5.90. The number of halogens is 1. The number of rotatable bonds is 11. The Morgan fingerprint density at radius 3 is 2.65 bits per heavy atom. The molecular weight excluding hydrogens is 446 g/mol. The summed E-state index contributed by atoms with van der Waals surface area (Å²) in [6, 6.07) is 23.3. The van der Waals surface area contributed by atoms with E-state index >= 15 is 0 Å². The molecule has 0 saturated heterocycles. The Labute approximate surface area is 205 Å². The number of nitrogens with zero attached hydrogens (tertiary/aromatic N) is 2. The Bertz CT molecular complexity index is 1230. The number of carbonyl (C=O) groups is 1. The van der Waals surface area contributed by atoms with Gasteiger partial charge in [-0.3, -0.25) is 4.79 Å². The first kappa shape index (κ1) is 23.8. The maximum atomic E-state index is 12.3. The topological polar surface area (TPSA) is 56.1 Å². The van der Waals surface area contributed by atoms with E-state index in [-0.39, 0.29) is 5.91 Å². The second-order valence-corrected chi connectivity index (χ2v) is 8.84. The van der Waals surface area contributed by atoms with Gasteiger partial charge >= 0.3 is 0 Å². The maximum absolute atomic E-state index is 12.3. The first-order valence-corrected chi connectivity index (χ1v) is 12.2. The molecule has 176 valence electrons. The summed E-state index contributed by atoms with van der Waals surface area (Å²) in [5, 5.41) is 3.61. The third kappa shape index (κ3) is 6.39. The van der Waals surface area contributed by atoms with Crippen LogP contribution in [0, 0.1) is 6.92 Å². The fourth-order valence-electron chi connectivity index (χ4n) is 3.98. The van der Waals surface area contributed by atoms with Gasteiger partial charge in [0.1, 0.15) is 11.6 Å². The molecule has 1 aromatic heterocycles. The number of nitrogens with one attached hydrogen (secondary N) is 1. The first-order chi connectivity index (χ1) is 16.6. The number of hydrogen-bond donors (Lipinski definition) is 1. The quantitative estimate of drug-likeness (QED) is 0.262. The van der Waals surface area contributed by atoms with Gasteiger partial charge in [-0.2, -0.15) is 0 Å². The molecule has 34 heavy (non-hydrogen) atoms. The van der Waals surface area contributed by atoms with E-state index in [1.54, 1.807) is 24.3 Å². The number of hydrogen-bond acceptors (Lipinski definition) is 3. The number of aryl methyl sites for hydroxylation is 3. The van der Waals surface area contributed by atoms with Crippen LogP contribution in [0.15, 0.2) is 72.8 Å². The van der Waals surface area contributed by atoms with Crippen LogP contribution in [0.2, 0.25) is 5.02 Å². The number of fused-ring (bicyclic) bond motifs is 1. The van der Waals surface area contributed by atoms with Gasteiger partial charge in [0.25, 0.3) is 5.91 Å². The summed E-state index contributed by atoms with van der Waals surface area (Å²) in [6.07, 6.45) is 3.60. The van der Waals surface area contributed by atoms with Crippen molar-refractivity contribution in [3.05, 3.63) is 94.8 Å². The molecule has 6 heteroatoms. The molecule has 0 unspecified atom stereocenters. The molecular formula is C28H30ClN3O2. The number of para-hydroxylation sites is 2. The number of aromatic nitrogens is 2. The summed E-state index contributed by atoms with van der Waals surface area (Å²) < 4.78 is 8.20. The summed E-state index contributed by atoms with van der Waals surface area (Å²) in [5.74, 6) is 1.90. The van der Waals surface area contributed by atoms with Crippen molar-refractivity contribution in [2.24, 2.45) is 0 Å². The predicted molar refractivity (Wildman–Crippen MR) is 138 cm³/mol. The first-order valence-electron chi connectivity index (χ1n) is 11.8. The SMILES string of the molecule is Cc1cccc(OCCCCn2c(CCCNC(=O)c3ccc(Cl)cc3)nc3ccccc32)c1. The molecule has 0 aliphatic carbocycles. The Hall–Kier alpha value is -3.31. The molecule has 4 aromatic rings. The second kappa shape index (κ2) is 11.7. The molecule has 0 radical (unpaired) electrons. The van der Waals surface area contributed by atoms with Gasteiger partial charge in [-0.25, -0.2) is 4.98 Å². The average Bonchev–Trinajstić information content (AvgIpc) is 3.19. The lowest BCUT2D eigenvalue weighted by atomic mass is 10.2. The normalized spacial score (nSPS) is 11.0. The van der Waals surface area contributed by atoms with Crippen LogP contribution < -0.4 is 10.1 Å². The molecule has 0 spiro atoms. The monoisotopic (exact) mass is 475 g/mol. The predicted octanol–water partition coefficient (Wildman–Crippen LogP) is 6.22. The minimum atomic E-state index is -0.0845. The van der Waals surface area contributed by atoms with E-state index in [1.807, 2.05) is 18.2 Å². The molecule has 1 heterocycles. The highest BCUT2D eigenvalue weighted by Crippen LogP contribution is 2.19. The number of unbranched alkanes of at least 4 members (excludes halogenated alkanes) is 1. The molecule has 4 rings (SSSR count). The maximum Gasteiger partial charge on any atom is 0.251 e. The summed E-state index contributed by atoms with van der Waals surface area (Å²) in [4.78, 5) is 17.2. The number of amides is 1. The van der Waals surface area contributed by atoms with E-state index < -0.39 is 0 Å². The zero-order valence-electron chi connectivity index (χ0n) is 19.5. The van der Waals surface area contributed by atoms with Crippen molar-refractivity contribution in [3.8, 4) is 5.75 Å². The Morgan fingerprint density at radius 2 is 1.82 bits per heavy atom. The Kier molecular flexibility index (Phi) is 8.21. The lowest BCUT2D eigenvalue weighted by molar-refractivity contribution is 0.0953. The third-order valence-corrected chi connectivity index (χ3v) is 5.99. The van der Waals surface area contributed by atoms with Crippen molar-refractivity contribution < 1.29 is 9.53 Å². The van der Waals surface area contributed by atoms with Gasteiger partial charge in [-0.15, -0.1) is 0 Å². The van der Waals surface area contributed by atoms with Gasteiger partial charge in [-0.1, -0.05) is 35.9 Å². The van der Waals surface area contributed by atoms with Crippen molar-refractivity contribution in [2.45, 2.75) is 39.2 Å². The van der Waals surface area contributed by atoms with Crippen LogP contribution in [0.4, 0.5) is 0 Å². The highest BCUT2D eigenvalue weighted by molar-refractivity contribution is 6.30. The molecule has 1 amide bonds. The van der Waals surface area contributed by atoms with Crippen molar-refractivity contribution in [3.63, 3.8) is 0 Å². The number of benzene rings is 3. The van der Waals surface area contributed by atoms with Gasteiger partial charge in [0, 0.05) is 30.1 Å². The van der Waals surface area contributed by atoms with Gasteiger partial charge in [0.15, 0.2) is 0 Å². The number of ether oxygens (including phenoxy) is 1. The van der Waals surface area contributed by atoms with Crippen LogP contribution in [0.1, 0.15) is 41.0 Å². The minimum absolute atomic E-state index is 0.0845. The second-order valence-electron chi connectivity index (χ2n) is 8.41. The smallest absolute Gasteiger partial charge is 0.251 e. The van der Waals surface area contributed by atoms with Gasteiger partial charge in [0.2, 0.25) is 0 Å². The third-order valence-electron chi connectivity index (χ3n) is 5.74. The van der Waals surface area contributed by atoms with Crippen LogP contribution in [-0.2, 0) is 13.0 Å². The van der Waals surface area contributed by atoms with Crippen LogP contribution in [0.5, 0.6) is 5.75 Å². The lowest BCUT2D eigenvalue weighted by Crippen LogP contribution is -2.25. The highest BCUT2D eigenvalue weighted by Gasteiger charge is 2.11. The molecule has 0 bridgehead atoms. The van der Waals surface area contributed by atoms with E-state index in [4.69, 9.17) is 21.3 Å². The minimum Gasteiger partial charge on any atom is -0.494 e. The van der Waals surface area contributed by atoms with E-state index in [9.17, 15) is 4.79 Å². The fraction of sp³-hybridized carbons (Fsp3) is 0.286. The zero-order valence-corrected chi connectivity index (χ0v) is 20.2. The van der Waals surface area contributed by atoms with Crippen LogP contribution in [0.3, 0.4) is 0 Å². The average molecular weight is 476 g/mol. The summed E-state index contributed by atoms with van der Waals surface area (Å²) in [6.45, 7) is 4.25. The van der Waals surface area contributed by atoms with Crippen molar-refractivity contribution >= 4 is 28.5 Å². The number of carbonyl (C=O) groups excluding carboxylic acids is 1. The standard InChI is InChI=1S/C28H30ClN3O2/c1-21-8-6-9-24(20-21)34-19-5-4-18-32-26-11-3-2-10-25(26)31-27(32)12-7-17-30-28(33)22-13-15-23(29)16-14-22/h2-3,6,8-11,13-16,20H,4-5,7,12,17-19H2,1H3,(H,30,33). The van der Waals surface area contributed by atoms with E-state index in [2.05, 4.69) is 47.1 Å². The molecule has 0 saturated carbocycles. The van der Waals surface area contributed by atoms with E-state index in [1.165, 1.54) is 5.56 Å². The van der Waals surface area contributed by atoms with Gasteiger partial charge in [0.05, 0.1) is 17.6 Å². The van der Waals surface area contributed by atoms with E-state index in [0.717, 1.165) is 54.8 Å². The largest absolute Gasteiger partial charge is 0.494 e. The molecule has 5 nitrogen and oxygen atoms in total. The van der Waals surface area contributed by atoms with Gasteiger partial charge in [-0.05, 0) is 80.3 Å². The molecule has 0 aliphatic rings. The van der Waals surface area contributed by atoms with Crippen LogP contribution >= 0.6 is 11.6 Å². The van der Waals surface area contributed by atoms with Crippen molar-refractivity contribution in [2.75, 3.05) is 13.2 Å². The Balaban J connectivity index is 1.29. The molecule has 0 aliphatic heterocycles. The van der Waals surface area contributed by atoms with Gasteiger partial charge < -0.3 is 14.6 Å². The molecule has 0 fully saturated rings. The van der Waals surface area contributed by atoms with Crippen molar-refractivity contribution in [1.82, 2.24) is 14.9 Å². The fourth-order valence-corrected chi connectivity index (χ4v) is 4.11. The molecule has 0 atom stereocenters. The molecule has 1 N–H and O–H groups in total. The zero-order chi connectivity index (χ0) is 23.8.